The van der Waals surface area contributed by atoms with Crippen molar-refractivity contribution in [2.75, 3.05) is 6.61 Å². The van der Waals surface area contributed by atoms with Crippen LogP contribution in [-0.4, -0.2) is 16.7 Å². The number of benzene rings is 1. The number of rotatable bonds is 4. The van der Waals surface area contributed by atoms with Crippen LogP contribution in [0.4, 0.5) is 4.39 Å². The maximum absolute atomic E-state index is 13.2. The Bertz CT molecular complexity index is 564. The lowest BCUT2D eigenvalue weighted by atomic mass is 10.3. The number of aromatic amines is 1. The zero-order chi connectivity index (χ0) is 12.3. The third-order valence-corrected chi connectivity index (χ3v) is 3.06. The number of hydrogen-bond acceptors (Lipinski definition) is 4. The first-order valence-electron chi connectivity index (χ1n) is 4.95. The average Bonchev–Trinajstić information content (AvgIpc) is 2.60. The van der Waals surface area contributed by atoms with Gasteiger partial charge in [-0.2, -0.15) is 0 Å². The van der Waals surface area contributed by atoms with E-state index in [9.17, 15) is 14.3 Å². The van der Waals surface area contributed by atoms with E-state index in [1.807, 2.05) is 0 Å². The fourth-order valence-corrected chi connectivity index (χ4v) is 2.04. The number of H-pyrrole nitrogens is 1. The third kappa shape index (κ3) is 2.85. The Balaban J connectivity index is 1.94. The zero-order valence-corrected chi connectivity index (χ0v) is 9.59. The first kappa shape index (κ1) is 11.7. The maximum atomic E-state index is 13.2. The minimum absolute atomic E-state index is 0.142. The minimum atomic E-state index is -0.432. The molecule has 0 aliphatic heterocycles. The molecular formula is C11H10FNO3S. The van der Waals surface area contributed by atoms with E-state index in [0.29, 0.717) is 11.3 Å². The highest BCUT2D eigenvalue weighted by atomic mass is 32.1. The van der Waals surface area contributed by atoms with Gasteiger partial charge in [-0.25, -0.2) is 4.39 Å². The van der Waals surface area contributed by atoms with E-state index in [1.165, 1.54) is 12.1 Å². The van der Waals surface area contributed by atoms with Crippen molar-refractivity contribution in [3.8, 4) is 11.6 Å². The number of halogens is 1. The SMILES string of the molecule is O=c1[nH]c(O)c(CCOc2ccccc2F)s1. The molecule has 0 amide bonds. The molecule has 0 radical (unpaired) electrons. The number of ether oxygens (including phenoxy) is 1. The van der Waals surface area contributed by atoms with Crippen molar-refractivity contribution in [3.05, 3.63) is 44.6 Å². The molecule has 0 saturated heterocycles. The van der Waals surface area contributed by atoms with Crippen molar-refractivity contribution in [1.82, 2.24) is 4.98 Å². The lowest BCUT2D eigenvalue weighted by molar-refractivity contribution is 0.304. The Morgan fingerprint density at radius 1 is 1.41 bits per heavy atom. The summed E-state index contributed by atoms with van der Waals surface area (Å²) >= 11 is 0.919. The predicted molar refractivity (Wildman–Crippen MR) is 62.2 cm³/mol. The van der Waals surface area contributed by atoms with E-state index in [1.54, 1.807) is 12.1 Å². The van der Waals surface area contributed by atoms with Gasteiger partial charge in [0.25, 0.3) is 0 Å². The summed E-state index contributed by atoms with van der Waals surface area (Å²) < 4.78 is 18.4. The predicted octanol–water partition coefficient (Wildman–Crippen LogP) is 1.90. The second-order valence-corrected chi connectivity index (χ2v) is 4.38. The van der Waals surface area contributed by atoms with Gasteiger partial charge in [0.15, 0.2) is 11.6 Å². The number of nitrogens with one attached hydrogen (secondary N) is 1. The van der Waals surface area contributed by atoms with Gasteiger partial charge in [0, 0.05) is 6.42 Å². The van der Waals surface area contributed by atoms with E-state index in [0.717, 1.165) is 11.3 Å². The van der Waals surface area contributed by atoms with Crippen LogP contribution in [-0.2, 0) is 6.42 Å². The summed E-state index contributed by atoms with van der Waals surface area (Å²) in [6.07, 6.45) is 0.351. The van der Waals surface area contributed by atoms with Gasteiger partial charge >= 0.3 is 4.87 Å². The molecule has 2 rings (SSSR count). The highest BCUT2D eigenvalue weighted by Gasteiger charge is 2.07. The van der Waals surface area contributed by atoms with E-state index < -0.39 is 5.82 Å². The summed E-state index contributed by atoms with van der Waals surface area (Å²) in [4.78, 5) is 13.3. The van der Waals surface area contributed by atoms with Gasteiger partial charge in [-0.1, -0.05) is 23.5 Å². The van der Waals surface area contributed by atoms with Crippen LogP contribution in [0, 0.1) is 5.82 Å². The molecule has 1 heterocycles. The summed E-state index contributed by atoms with van der Waals surface area (Å²) in [5.41, 5.74) is 0. The molecule has 4 nitrogen and oxygen atoms in total. The summed E-state index contributed by atoms with van der Waals surface area (Å²) in [7, 11) is 0. The highest BCUT2D eigenvalue weighted by molar-refractivity contribution is 7.09. The van der Waals surface area contributed by atoms with Gasteiger partial charge in [0.1, 0.15) is 0 Å². The molecule has 0 spiro atoms. The van der Waals surface area contributed by atoms with Gasteiger partial charge < -0.3 is 9.84 Å². The quantitative estimate of drug-likeness (QED) is 0.877. The number of thiazole rings is 1. The Morgan fingerprint density at radius 3 is 2.82 bits per heavy atom. The van der Waals surface area contributed by atoms with E-state index in [-0.39, 0.29) is 23.1 Å². The maximum Gasteiger partial charge on any atom is 0.307 e. The number of aromatic nitrogens is 1. The molecule has 0 bridgehead atoms. The second kappa shape index (κ2) is 5.01. The Labute approximate surface area is 100 Å². The summed E-state index contributed by atoms with van der Waals surface area (Å²) in [5, 5.41) is 9.31. The van der Waals surface area contributed by atoms with Crippen LogP contribution in [0.15, 0.2) is 29.1 Å². The smallest absolute Gasteiger partial charge is 0.307 e. The number of para-hydroxylation sites is 1. The Morgan fingerprint density at radius 2 is 2.18 bits per heavy atom. The third-order valence-electron chi connectivity index (χ3n) is 2.12. The fourth-order valence-electron chi connectivity index (χ4n) is 1.34. The van der Waals surface area contributed by atoms with Crippen molar-refractivity contribution in [2.24, 2.45) is 0 Å². The van der Waals surface area contributed by atoms with Crippen molar-refractivity contribution < 1.29 is 14.2 Å². The standard InChI is InChI=1S/C11H10FNO3S/c12-7-3-1-2-4-8(7)16-6-5-9-10(14)13-11(15)17-9/h1-4,14H,5-6H2,(H,13,15). The molecule has 6 heteroatoms. The molecule has 17 heavy (non-hydrogen) atoms. The van der Waals surface area contributed by atoms with Gasteiger partial charge in [0.05, 0.1) is 11.5 Å². The van der Waals surface area contributed by atoms with Gasteiger partial charge in [-0.3, -0.25) is 9.78 Å². The van der Waals surface area contributed by atoms with Gasteiger partial charge in [-0.05, 0) is 12.1 Å². The van der Waals surface area contributed by atoms with Crippen LogP contribution in [0.25, 0.3) is 0 Å². The topological polar surface area (TPSA) is 62.3 Å². The molecule has 1 aromatic heterocycles. The Kier molecular flexibility index (Phi) is 3.43. The normalized spacial score (nSPS) is 10.4. The van der Waals surface area contributed by atoms with Crippen molar-refractivity contribution >= 4 is 11.3 Å². The molecule has 0 unspecified atom stereocenters. The fraction of sp³-hybridized carbons (Fsp3) is 0.182. The molecule has 0 aliphatic rings. The number of hydrogen-bond donors (Lipinski definition) is 2. The van der Waals surface area contributed by atoms with Crippen LogP contribution in [0.5, 0.6) is 11.6 Å². The van der Waals surface area contributed by atoms with E-state index >= 15 is 0 Å². The van der Waals surface area contributed by atoms with Crippen molar-refractivity contribution in [1.29, 1.82) is 0 Å². The summed E-state index contributed by atoms with van der Waals surface area (Å²) in [5.74, 6) is -0.411. The van der Waals surface area contributed by atoms with Gasteiger partial charge in [-0.15, -0.1) is 0 Å². The van der Waals surface area contributed by atoms with E-state index in [2.05, 4.69) is 4.98 Å². The first-order valence-corrected chi connectivity index (χ1v) is 5.77. The van der Waals surface area contributed by atoms with E-state index in [4.69, 9.17) is 4.74 Å². The largest absolute Gasteiger partial charge is 0.494 e. The average molecular weight is 255 g/mol. The molecule has 0 atom stereocenters. The molecule has 90 valence electrons. The van der Waals surface area contributed by atoms with Crippen LogP contribution in [0.2, 0.25) is 0 Å². The lowest BCUT2D eigenvalue weighted by Gasteiger charge is -2.05. The molecule has 2 N–H and O–H groups in total. The van der Waals surface area contributed by atoms with Crippen LogP contribution in [0.1, 0.15) is 4.88 Å². The molecule has 0 aliphatic carbocycles. The van der Waals surface area contributed by atoms with Crippen LogP contribution < -0.4 is 9.61 Å². The lowest BCUT2D eigenvalue weighted by Crippen LogP contribution is -2.01. The van der Waals surface area contributed by atoms with Gasteiger partial charge in [0.2, 0.25) is 5.88 Å². The van der Waals surface area contributed by atoms with Crippen LogP contribution in [0.3, 0.4) is 0 Å². The highest BCUT2D eigenvalue weighted by Crippen LogP contribution is 2.18. The van der Waals surface area contributed by atoms with Crippen LogP contribution >= 0.6 is 11.3 Å². The summed E-state index contributed by atoms with van der Waals surface area (Å²) in [6.45, 7) is 0.197. The molecule has 1 aromatic carbocycles. The summed E-state index contributed by atoms with van der Waals surface area (Å²) in [6, 6.07) is 6.08. The second-order valence-electron chi connectivity index (χ2n) is 3.32. The zero-order valence-electron chi connectivity index (χ0n) is 8.77. The van der Waals surface area contributed by atoms with Crippen molar-refractivity contribution in [3.63, 3.8) is 0 Å². The molecule has 2 aromatic rings. The number of aromatic hydroxyl groups is 1. The molecule has 0 fully saturated rings. The Hall–Kier alpha value is -1.82. The first-order chi connectivity index (χ1) is 8.16. The molecule has 0 saturated carbocycles. The minimum Gasteiger partial charge on any atom is -0.494 e. The van der Waals surface area contributed by atoms with Crippen molar-refractivity contribution in [2.45, 2.75) is 6.42 Å². The molecular weight excluding hydrogens is 245 g/mol. The monoisotopic (exact) mass is 255 g/mol.